The molecule has 0 saturated heterocycles. The van der Waals surface area contributed by atoms with Gasteiger partial charge in [0, 0.05) is 12.6 Å². The van der Waals surface area contributed by atoms with Crippen molar-refractivity contribution in [1.82, 2.24) is 23.8 Å². The number of benzene rings is 1. The van der Waals surface area contributed by atoms with Crippen LogP contribution in [0.4, 0.5) is 0 Å². The van der Waals surface area contributed by atoms with Gasteiger partial charge in [0.25, 0.3) is 5.56 Å². The van der Waals surface area contributed by atoms with Crippen molar-refractivity contribution in [2.45, 2.75) is 33.5 Å². The molecule has 27 heavy (non-hydrogen) atoms. The summed E-state index contributed by atoms with van der Waals surface area (Å²) >= 11 is 0. The molecule has 0 fully saturated rings. The van der Waals surface area contributed by atoms with Gasteiger partial charge in [-0.05, 0) is 19.4 Å². The molecule has 4 aromatic rings. The maximum Gasteiger partial charge on any atom is 0.333 e. The van der Waals surface area contributed by atoms with Crippen LogP contribution < -0.4 is 11.2 Å². The van der Waals surface area contributed by atoms with Crippen molar-refractivity contribution >= 4 is 11.2 Å². The molecule has 3 aromatic heterocycles. The van der Waals surface area contributed by atoms with Crippen LogP contribution in [0.2, 0.25) is 0 Å². The third-order valence-corrected chi connectivity index (χ3v) is 4.50. The second-order valence-corrected chi connectivity index (χ2v) is 6.38. The Hall–Kier alpha value is -3.42. The Morgan fingerprint density at radius 3 is 2.52 bits per heavy atom. The summed E-state index contributed by atoms with van der Waals surface area (Å²) < 4.78 is 9.67. The van der Waals surface area contributed by atoms with Crippen molar-refractivity contribution in [3.8, 4) is 0 Å². The Labute approximate surface area is 154 Å². The fourth-order valence-corrected chi connectivity index (χ4v) is 3.17. The fraction of sp³-hybridized carbons (Fsp3) is 0.263. The number of hydrogen-bond acceptors (Lipinski definition) is 5. The highest BCUT2D eigenvalue weighted by Gasteiger charge is 2.19. The quantitative estimate of drug-likeness (QED) is 0.538. The van der Waals surface area contributed by atoms with Gasteiger partial charge in [-0.15, -0.1) is 0 Å². The minimum Gasteiger partial charge on any atom is -0.359 e. The highest BCUT2D eigenvalue weighted by molar-refractivity contribution is 5.70. The Morgan fingerprint density at radius 2 is 1.85 bits per heavy atom. The largest absolute Gasteiger partial charge is 0.359 e. The van der Waals surface area contributed by atoms with E-state index in [-0.39, 0.29) is 12.1 Å². The Kier molecular flexibility index (Phi) is 4.23. The van der Waals surface area contributed by atoms with E-state index in [0.29, 0.717) is 35.7 Å². The molecule has 8 heteroatoms. The highest BCUT2D eigenvalue weighted by Crippen LogP contribution is 2.10. The summed E-state index contributed by atoms with van der Waals surface area (Å²) in [5, 5.41) is 3.83. The summed E-state index contributed by atoms with van der Waals surface area (Å²) in [6.07, 6.45) is 1.59. The summed E-state index contributed by atoms with van der Waals surface area (Å²) in [6.45, 7) is 4.65. The lowest BCUT2D eigenvalue weighted by Gasteiger charge is -2.11. The predicted octanol–water partition coefficient (Wildman–Crippen LogP) is 1.77. The second-order valence-electron chi connectivity index (χ2n) is 6.38. The first-order chi connectivity index (χ1) is 13.1. The molecule has 0 aliphatic carbocycles. The van der Waals surface area contributed by atoms with Crippen molar-refractivity contribution in [3.05, 3.63) is 80.6 Å². The second kappa shape index (κ2) is 6.71. The third-order valence-electron chi connectivity index (χ3n) is 4.50. The van der Waals surface area contributed by atoms with Crippen LogP contribution in [0.25, 0.3) is 11.2 Å². The van der Waals surface area contributed by atoms with E-state index in [2.05, 4.69) is 10.1 Å². The van der Waals surface area contributed by atoms with Crippen LogP contribution in [0, 0.1) is 6.92 Å². The van der Waals surface area contributed by atoms with E-state index in [1.165, 1.54) is 9.13 Å². The fourth-order valence-electron chi connectivity index (χ4n) is 3.17. The Morgan fingerprint density at radius 1 is 1.07 bits per heavy atom. The van der Waals surface area contributed by atoms with Crippen LogP contribution >= 0.6 is 0 Å². The molecule has 3 heterocycles. The molecule has 0 atom stereocenters. The number of aromatic nitrogens is 5. The lowest BCUT2D eigenvalue weighted by atomic mass is 10.2. The first kappa shape index (κ1) is 17.0. The van der Waals surface area contributed by atoms with Crippen molar-refractivity contribution in [3.63, 3.8) is 0 Å². The van der Waals surface area contributed by atoms with Gasteiger partial charge in [0.15, 0.2) is 16.9 Å². The summed E-state index contributed by atoms with van der Waals surface area (Å²) in [5.41, 5.74) is 1.64. The van der Waals surface area contributed by atoms with Gasteiger partial charge in [-0.1, -0.05) is 35.5 Å². The van der Waals surface area contributed by atoms with E-state index in [0.717, 1.165) is 5.56 Å². The molecule has 0 aliphatic heterocycles. The zero-order valence-corrected chi connectivity index (χ0v) is 15.1. The standard InChI is InChI=1S/C19H19N5O3/c1-3-22-12-20-17-16(22)18(25)24(11-15-9-13(2)21-27-15)19(26)23(17)10-14-7-5-4-6-8-14/h4-9,12H,3,10-11H2,1-2H3. The van der Waals surface area contributed by atoms with E-state index in [1.807, 2.05) is 37.3 Å². The minimum absolute atomic E-state index is 0.0259. The van der Waals surface area contributed by atoms with Gasteiger partial charge in [0.2, 0.25) is 0 Å². The molecule has 4 rings (SSSR count). The molecule has 8 nitrogen and oxygen atoms in total. The van der Waals surface area contributed by atoms with Gasteiger partial charge in [-0.25, -0.2) is 9.78 Å². The van der Waals surface area contributed by atoms with Gasteiger partial charge in [0.05, 0.1) is 25.1 Å². The minimum atomic E-state index is -0.424. The molecule has 0 aliphatic rings. The molecule has 138 valence electrons. The first-order valence-electron chi connectivity index (χ1n) is 8.73. The van der Waals surface area contributed by atoms with Gasteiger partial charge < -0.3 is 9.09 Å². The van der Waals surface area contributed by atoms with E-state index < -0.39 is 5.69 Å². The topological polar surface area (TPSA) is 87.8 Å². The van der Waals surface area contributed by atoms with Crippen LogP contribution in [-0.2, 0) is 19.6 Å². The van der Waals surface area contributed by atoms with Crippen LogP contribution in [0.3, 0.4) is 0 Å². The summed E-state index contributed by atoms with van der Waals surface area (Å²) in [6, 6.07) is 11.3. The Balaban J connectivity index is 1.94. The molecule has 1 aromatic carbocycles. The molecule has 0 bridgehead atoms. The van der Waals surface area contributed by atoms with Crippen molar-refractivity contribution in [2.24, 2.45) is 0 Å². The van der Waals surface area contributed by atoms with E-state index in [4.69, 9.17) is 4.52 Å². The maximum atomic E-state index is 13.1. The number of rotatable bonds is 5. The molecule has 0 N–H and O–H groups in total. The van der Waals surface area contributed by atoms with Gasteiger partial charge >= 0.3 is 5.69 Å². The number of nitrogens with zero attached hydrogens (tertiary/aromatic N) is 5. The monoisotopic (exact) mass is 365 g/mol. The summed E-state index contributed by atoms with van der Waals surface area (Å²) in [7, 11) is 0. The van der Waals surface area contributed by atoms with Crippen molar-refractivity contribution < 1.29 is 4.52 Å². The molecule has 0 saturated carbocycles. The van der Waals surface area contributed by atoms with Crippen molar-refractivity contribution in [2.75, 3.05) is 0 Å². The SMILES string of the molecule is CCn1cnc2c1c(=O)n(Cc1cc(C)no1)c(=O)n2Cc1ccccc1. The number of fused-ring (bicyclic) bond motifs is 1. The molecular formula is C19H19N5O3. The molecular weight excluding hydrogens is 346 g/mol. The van der Waals surface area contributed by atoms with E-state index in [9.17, 15) is 9.59 Å². The van der Waals surface area contributed by atoms with E-state index >= 15 is 0 Å². The summed E-state index contributed by atoms with van der Waals surface area (Å²) in [5.74, 6) is 0.458. The number of aryl methyl sites for hydroxylation is 2. The zero-order valence-electron chi connectivity index (χ0n) is 15.1. The van der Waals surface area contributed by atoms with Crippen molar-refractivity contribution in [1.29, 1.82) is 0 Å². The number of imidazole rings is 1. The van der Waals surface area contributed by atoms with Crippen LogP contribution in [0.15, 0.2) is 56.8 Å². The van der Waals surface area contributed by atoms with Crippen LogP contribution in [0.5, 0.6) is 0 Å². The molecule has 0 unspecified atom stereocenters. The predicted molar refractivity (Wildman–Crippen MR) is 99.8 cm³/mol. The van der Waals surface area contributed by atoms with Crippen LogP contribution in [-0.4, -0.2) is 23.8 Å². The summed E-state index contributed by atoms with van der Waals surface area (Å²) in [4.78, 5) is 30.5. The van der Waals surface area contributed by atoms with E-state index in [1.54, 1.807) is 23.9 Å². The van der Waals surface area contributed by atoms with Gasteiger partial charge in [-0.2, -0.15) is 0 Å². The zero-order chi connectivity index (χ0) is 19.0. The first-order valence-corrected chi connectivity index (χ1v) is 8.73. The number of hydrogen-bond donors (Lipinski definition) is 0. The highest BCUT2D eigenvalue weighted by atomic mass is 16.5. The van der Waals surface area contributed by atoms with Gasteiger partial charge in [-0.3, -0.25) is 13.9 Å². The van der Waals surface area contributed by atoms with Crippen LogP contribution in [0.1, 0.15) is 23.9 Å². The normalized spacial score (nSPS) is 11.3. The lowest BCUT2D eigenvalue weighted by Crippen LogP contribution is -2.41. The van der Waals surface area contributed by atoms with Gasteiger partial charge in [0.1, 0.15) is 0 Å². The maximum absolute atomic E-state index is 13.1. The average molecular weight is 365 g/mol. The Bertz CT molecular complexity index is 1210. The third kappa shape index (κ3) is 2.99. The average Bonchev–Trinajstić information content (AvgIpc) is 3.29. The molecule has 0 spiro atoms. The lowest BCUT2D eigenvalue weighted by molar-refractivity contribution is 0.368. The molecule has 0 radical (unpaired) electrons. The smallest absolute Gasteiger partial charge is 0.333 e. The molecule has 0 amide bonds.